The minimum absolute atomic E-state index is 0.00720. The van der Waals surface area contributed by atoms with Crippen LogP contribution in [0, 0.1) is 5.92 Å². The highest BCUT2D eigenvalue weighted by atomic mass is 35.5. The molecule has 0 heterocycles. The zero-order valence-corrected chi connectivity index (χ0v) is 11.1. The highest BCUT2D eigenvalue weighted by Gasteiger charge is 2.13. The first-order valence-corrected chi connectivity index (χ1v) is 5.86. The second-order valence-electron chi connectivity index (χ2n) is 4.10. The molecule has 0 N–H and O–H groups in total. The lowest BCUT2D eigenvalue weighted by Gasteiger charge is -2.19. The molecular formula is C12H15Cl2NO. The van der Waals surface area contributed by atoms with Gasteiger partial charge in [0.25, 0.3) is 0 Å². The number of amides is 1. The molecule has 0 aliphatic heterocycles. The lowest BCUT2D eigenvalue weighted by atomic mass is 10.1. The van der Waals surface area contributed by atoms with Crippen LogP contribution in [0.25, 0.3) is 0 Å². The van der Waals surface area contributed by atoms with Gasteiger partial charge in [-0.05, 0) is 17.7 Å². The van der Waals surface area contributed by atoms with Gasteiger partial charge in [0.2, 0.25) is 5.91 Å². The molecule has 0 saturated carbocycles. The van der Waals surface area contributed by atoms with Gasteiger partial charge in [0.1, 0.15) is 0 Å². The van der Waals surface area contributed by atoms with E-state index in [0.717, 1.165) is 5.56 Å². The summed E-state index contributed by atoms with van der Waals surface area (Å²) in [5.41, 5.74) is 0.978. The van der Waals surface area contributed by atoms with Crippen LogP contribution in [0.1, 0.15) is 19.4 Å². The van der Waals surface area contributed by atoms with Crippen LogP contribution in [0.2, 0.25) is 10.0 Å². The fraction of sp³-hybridized carbons (Fsp3) is 0.417. The lowest BCUT2D eigenvalue weighted by Crippen LogP contribution is -2.29. The summed E-state index contributed by atoms with van der Waals surface area (Å²) >= 11 is 11.7. The fourth-order valence-electron chi connectivity index (χ4n) is 1.43. The van der Waals surface area contributed by atoms with Crippen molar-refractivity contribution in [3.05, 3.63) is 33.8 Å². The van der Waals surface area contributed by atoms with Gasteiger partial charge in [0.15, 0.2) is 0 Å². The summed E-state index contributed by atoms with van der Waals surface area (Å²) in [6.07, 6.45) is 0. The smallest absolute Gasteiger partial charge is 0.225 e. The summed E-state index contributed by atoms with van der Waals surface area (Å²) in [5, 5.41) is 1.05. The van der Waals surface area contributed by atoms with Crippen molar-refractivity contribution in [3.8, 4) is 0 Å². The van der Waals surface area contributed by atoms with Crippen molar-refractivity contribution in [2.75, 3.05) is 7.05 Å². The maximum absolute atomic E-state index is 11.7. The quantitative estimate of drug-likeness (QED) is 0.813. The molecule has 0 aliphatic carbocycles. The van der Waals surface area contributed by atoms with Crippen LogP contribution in [0.15, 0.2) is 18.2 Å². The predicted octanol–water partition coefficient (Wildman–Crippen LogP) is 3.61. The van der Waals surface area contributed by atoms with E-state index in [0.29, 0.717) is 16.6 Å². The number of benzene rings is 1. The van der Waals surface area contributed by atoms with Crippen molar-refractivity contribution in [1.29, 1.82) is 0 Å². The molecular weight excluding hydrogens is 245 g/mol. The largest absolute Gasteiger partial charge is 0.341 e. The van der Waals surface area contributed by atoms with Crippen LogP contribution in [-0.4, -0.2) is 17.9 Å². The van der Waals surface area contributed by atoms with Crippen molar-refractivity contribution < 1.29 is 4.79 Å². The second kappa shape index (κ2) is 5.55. The Morgan fingerprint density at radius 3 is 2.44 bits per heavy atom. The number of rotatable bonds is 3. The average Bonchev–Trinajstić information content (AvgIpc) is 2.22. The molecule has 0 saturated heterocycles. The maximum Gasteiger partial charge on any atom is 0.225 e. The van der Waals surface area contributed by atoms with E-state index in [1.54, 1.807) is 24.1 Å². The van der Waals surface area contributed by atoms with E-state index in [1.165, 1.54) is 0 Å². The molecule has 16 heavy (non-hydrogen) atoms. The van der Waals surface area contributed by atoms with E-state index in [2.05, 4.69) is 0 Å². The molecule has 0 unspecified atom stereocenters. The van der Waals surface area contributed by atoms with Gasteiger partial charge < -0.3 is 4.90 Å². The summed E-state index contributed by atoms with van der Waals surface area (Å²) in [4.78, 5) is 13.4. The van der Waals surface area contributed by atoms with E-state index >= 15 is 0 Å². The van der Waals surface area contributed by atoms with E-state index in [4.69, 9.17) is 23.2 Å². The number of carbonyl (C=O) groups excluding carboxylic acids is 1. The van der Waals surface area contributed by atoms with Crippen LogP contribution < -0.4 is 0 Å². The van der Waals surface area contributed by atoms with Crippen molar-refractivity contribution >= 4 is 29.1 Å². The molecule has 1 aromatic carbocycles. The molecule has 0 bridgehead atoms. The minimum atomic E-state index is 0.00720. The third kappa shape index (κ3) is 3.39. The molecule has 4 heteroatoms. The summed E-state index contributed by atoms with van der Waals surface area (Å²) in [6.45, 7) is 4.31. The summed E-state index contributed by atoms with van der Waals surface area (Å²) < 4.78 is 0. The third-order valence-corrected chi connectivity index (χ3v) is 3.01. The van der Waals surface area contributed by atoms with Crippen molar-refractivity contribution in [2.45, 2.75) is 20.4 Å². The molecule has 0 fully saturated rings. The Morgan fingerprint density at radius 2 is 1.94 bits per heavy atom. The van der Waals surface area contributed by atoms with Crippen molar-refractivity contribution in [2.24, 2.45) is 5.92 Å². The Labute approximate surface area is 106 Å². The van der Waals surface area contributed by atoms with Gasteiger partial charge in [-0.25, -0.2) is 0 Å². The first-order chi connectivity index (χ1) is 7.41. The van der Waals surface area contributed by atoms with Crippen molar-refractivity contribution in [1.82, 2.24) is 4.90 Å². The first-order valence-electron chi connectivity index (χ1n) is 5.10. The number of hydrogen-bond donors (Lipinski definition) is 0. The molecule has 0 radical (unpaired) electrons. The zero-order chi connectivity index (χ0) is 12.3. The summed E-state index contributed by atoms with van der Waals surface area (Å²) in [7, 11) is 1.78. The molecule has 0 spiro atoms. The van der Waals surface area contributed by atoms with Crippen molar-refractivity contribution in [3.63, 3.8) is 0 Å². The van der Waals surface area contributed by atoms with Crippen LogP contribution in [-0.2, 0) is 11.3 Å². The molecule has 1 aromatic rings. The van der Waals surface area contributed by atoms with Gasteiger partial charge in [-0.2, -0.15) is 0 Å². The Morgan fingerprint density at radius 1 is 1.31 bits per heavy atom. The summed E-state index contributed by atoms with van der Waals surface area (Å²) in [6, 6.07) is 5.40. The van der Waals surface area contributed by atoms with Gasteiger partial charge in [0.05, 0.1) is 10.0 Å². The standard InChI is InChI=1S/C12H15Cl2NO/c1-8(2)12(16)15(3)7-9-4-5-10(13)11(14)6-9/h4-6,8H,7H2,1-3H3. The second-order valence-corrected chi connectivity index (χ2v) is 4.91. The highest BCUT2D eigenvalue weighted by Crippen LogP contribution is 2.23. The predicted molar refractivity (Wildman–Crippen MR) is 67.8 cm³/mol. The first kappa shape index (κ1) is 13.3. The minimum Gasteiger partial charge on any atom is -0.341 e. The molecule has 1 rings (SSSR count). The molecule has 1 amide bonds. The normalized spacial score (nSPS) is 10.6. The van der Waals surface area contributed by atoms with Crippen LogP contribution in [0.5, 0.6) is 0 Å². The van der Waals surface area contributed by atoms with Gasteiger partial charge >= 0.3 is 0 Å². The molecule has 2 nitrogen and oxygen atoms in total. The number of hydrogen-bond acceptors (Lipinski definition) is 1. The Bertz CT molecular complexity index is 391. The SMILES string of the molecule is CC(C)C(=O)N(C)Cc1ccc(Cl)c(Cl)c1. The topological polar surface area (TPSA) is 20.3 Å². The number of carbonyl (C=O) groups is 1. The van der Waals surface area contributed by atoms with Gasteiger partial charge in [-0.1, -0.05) is 43.1 Å². The molecule has 0 atom stereocenters. The lowest BCUT2D eigenvalue weighted by molar-refractivity contribution is -0.133. The number of nitrogens with zero attached hydrogens (tertiary/aromatic N) is 1. The highest BCUT2D eigenvalue weighted by molar-refractivity contribution is 6.42. The van der Waals surface area contributed by atoms with Gasteiger partial charge in [-0.15, -0.1) is 0 Å². The Hall–Kier alpha value is -0.730. The van der Waals surface area contributed by atoms with Gasteiger partial charge in [-0.3, -0.25) is 4.79 Å². The van der Waals surface area contributed by atoms with Crippen LogP contribution in [0.4, 0.5) is 0 Å². The average molecular weight is 260 g/mol. The third-order valence-electron chi connectivity index (χ3n) is 2.27. The molecule has 0 aliphatic rings. The van der Waals surface area contributed by atoms with Crippen LogP contribution in [0.3, 0.4) is 0 Å². The molecule has 88 valence electrons. The number of halogens is 2. The monoisotopic (exact) mass is 259 g/mol. The Kier molecular flexibility index (Phi) is 4.63. The fourth-order valence-corrected chi connectivity index (χ4v) is 1.75. The van der Waals surface area contributed by atoms with Gasteiger partial charge in [0, 0.05) is 19.5 Å². The van der Waals surface area contributed by atoms with E-state index in [-0.39, 0.29) is 11.8 Å². The molecule has 0 aromatic heterocycles. The van der Waals surface area contributed by atoms with E-state index in [9.17, 15) is 4.79 Å². The maximum atomic E-state index is 11.7. The Balaban J connectivity index is 2.73. The summed E-state index contributed by atoms with van der Waals surface area (Å²) in [5.74, 6) is 0.124. The van der Waals surface area contributed by atoms with E-state index in [1.807, 2.05) is 19.9 Å². The van der Waals surface area contributed by atoms with E-state index < -0.39 is 0 Å². The van der Waals surface area contributed by atoms with Crippen LogP contribution >= 0.6 is 23.2 Å². The zero-order valence-electron chi connectivity index (χ0n) is 9.63.